The van der Waals surface area contributed by atoms with Crippen LogP contribution < -0.4 is 10.6 Å². The van der Waals surface area contributed by atoms with Crippen LogP contribution in [-0.4, -0.2) is 121 Å². The van der Waals surface area contributed by atoms with Crippen molar-refractivity contribution in [2.45, 2.75) is 74.7 Å². The number of rotatable bonds is 10. The summed E-state index contributed by atoms with van der Waals surface area (Å²) in [5, 5.41) is 47.1. The number of aliphatic hydroxyl groups is 4. The molecule has 4 unspecified atom stereocenters. The maximum atomic E-state index is 13.0. The van der Waals surface area contributed by atoms with Crippen molar-refractivity contribution < 1.29 is 53.7 Å². The van der Waals surface area contributed by atoms with E-state index in [-0.39, 0.29) is 6.54 Å². The molecular formula is C24H36N2O11. The molecule has 0 aliphatic carbocycles. The Kier molecular flexibility index (Phi) is 10.8. The largest absolute Gasteiger partial charge is 0.394 e. The first-order valence-corrected chi connectivity index (χ1v) is 12.0. The number of ether oxygens (including phenoxy) is 5. The molecule has 3 rings (SSSR count). The molecule has 2 saturated heterocycles. The summed E-state index contributed by atoms with van der Waals surface area (Å²) < 4.78 is 27.6. The first kappa shape index (κ1) is 29.4. The van der Waals surface area contributed by atoms with Gasteiger partial charge >= 0.3 is 0 Å². The number of benzene rings is 1. The van der Waals surface area contributed by atoms with Crippen LogP contribution >= 0.6 is 0 Å². The summed E-state index contributed by atoms with van der Waals surface area (Å²) in [5.41, 5.74) is 1.01. The van der Waals surface area contributed by atoms with E-state index in [1.54, 1.807) is 0 Å². The van der Waals surface area contributed by atoms with Crippen molar-refractivity contribution in [3.63, 3.8) is 0 Å². The highest BCUT2D eigenvalue weighted by atomic mass is 16.7. The van der Waals surface area contributed by atoms with Crippen LogP contribution in [0, 0.1) is 0 Å². The Morgan fingerprint density at radius 1 is 0.946 bits per heavy atom. The number of carbonyl (C=O) groups excluding carboxylic acids is 2. The number of carbonyl (C=O) groups is 2. The number of methoxy groups -OCH3 is 2. The monoisotopic (exact) mass is 528 g/mol. The molecule has 2 heterocycles. The minimum absolute atomic E-state index is 0.278. The van der Waals surface area contributed by atoms with Gasteiger partial charge in [-0.2, -0.15) is 0 Å². The van der Waals surface area contributed by atoms with Gasteiger partial charge in [-0.25, -0.2) is 0 Å². The van der Waals surface area contributed by atoms with E-state index in [2.05, 4.69) is 10.6 Å². The molecule has 0 spiro atoms. The van der Waals surface area contributed by atoms with Crippen molar-refractivity contribution in [1.82, 2.24) is 10.6 Å². The summed E-state index contributed by atoms with van der Waals surface area (Å²) in [6.07, 6.45) is -12.0. The summed E-state index contributed by atoms with van der Waals surface area (Å²) in [6.45, 7) is 0.922. The summed E-state index contributed by atoms with van der Waals surface area (Å²) in [5.74, 6) is -1.09. The van der Waals surface area contributed by atoms with Gasteiger partial charge in [-0.3, -0.25) is 9.59 Å². The van der Waals surface area contributed by atoms with Gasteiger partial charge in [0.1, 0.15) is 42.7 Å². The van der Waals surface area contributed by atoms with Gasteiger partial charge in [0.05, 0.1) is 6.61 Å². The van der Waals surface area contributed by atoms with Crippen molar-refractivity contribution >= 4 is 11.8 Å². The van der Waals surface area contributed by atoms with Crippen LogP contribution in [0.15, 0.2) is 30.3 Å². The number of nitrogens with one attached hydrogen (secondary N) is 2. The van der Waals surface area contributed by atoms with E-state index >= 15 is 0 Å². The molecule has 0 bridgehead atoms. The summed E-state index contributed by atoms with van der Waals surface area (Å²) >= 11 is 0. The van der Waals surface area contributed by atoms with Gasteiger partial charge in [-0.05, 0) is 12.0 Å². The fourth-order valence-corrected chi connectivity index (χ4v) is 4.47. The van der Waals surface area contributed by atoms with E-state index in [0.29, 0.717) is 6.42 Å². The van der Waals surface area contributed by atoms with Crippen LogP contribution in [-0.2, 0) is 39.7 Å². The summed E-state index contributed by atoms with van der Waals surface area (Å²) in [7, 11) is 2.57. The zero-order valence-electron chi connectivity index (χ0n) is 20.9. The lowest BCUT2D eigenvalue weighted by Crippen LogP contribution is -2.68. The molecule has 208 valence electrons. The van der Waals surface area contributed by atoms with Crippen LogP contribution in [0.5, 0.6) is 0 Å². The van der Waals surface area contributed by atoms with Gasteiger partial charge in [-0.15, -0.1) is 0 Å². The standard InChI is InChI=1S/C24H36N2O11/c1-12(28)26-15-19(16(29)14(11-27)35-23(15)34-3)36-24-18(31)17(30)20(33-2)21(37-24)22(32)25-10-9-13-7-5-4-6-8-13/h4-8,14-21,23-24,27,29-31H,9-11H2,1-3H3,(H,25,32)(H,26,28)/t14?,15-,16+,17+,18-,19+,20-,21?,23?,24?/m0/s1. The third-order valence-electron chi connectivity index (χ3n) is 6.38. The highest BCUT2D eigenvalue weighted by Gasteiger charge is 2.53. The third kappa shape index (κ3) is 7.02. The molecule has 2 fully saturated rings. The Morgan fingerprint density at radius 2 is 1.65 bits per heavy atom. The van der Waals surface area contributed by atoms with Crippen LogP contribution in [0.4, 0.5) is 0 Å². The average Bonchev–Trinajstić information content (AvgIpc) is 2.89. The zero-order valence-corrected chi connectivity index (χ0v) is 20.9. The molecule has 0 saturated carbocycles. The lowest BCUT2D eigenvalue weighted by Gasteiger charge is -2.47. The van der Waals surface area contributed by atoms with Gasteiger partial charge in [0.2, 0.25) is 5.91 Å². The van der Waals surface area contributed by atoms with Crippen molar-refractivity contribution in [3.8, 4) is 0 Å². The number of aliphatic hydroxyl groups excluding tert-OH is 4. The predicted octanol–water partition coefficient (Wildman–Crippen LogP) is -2.58. The third-order valence-corrected chi connectivity index (χ3v) is 6.38. The first-order chi connectivity index (χ1) is 17.7. The Labute approximate surface area is 214 Å². The summed E-state index contributed by atoms with van der Waals surface area (Å²) in [4.78, 5) is 24.8. The van der Waals surface area contributed by atoms with Crippen LogP contribution in [0.25, 0.3) is 0 Å². The van der Waals surface area contributed by atoms with Crippen molar-refractivity contribution in [3.05, 3.63) is 35.9 Å². The Bertz CT molecular complexity index is 876. The van der Waals surface area contributed by atoms with Gasteiger partial charge < -0.3 is 54.7 Å². The molecule has 1 aromatic carbocycles. The second kappa shape index (κ2) is 13.6. The molecule has 2 aliphatic heterocycles. The van der Waals surface area contributed by atoms with Gasteiger partial charge in [0, 0.05) is 27.7 Å². The van der Waals surface area contributed by atoms with E-state index in [9.17, 15) is 30.0 Å². The van der Waals surface area contributed by atoms with E-state index in [0.717, 1.165) is 5.56 Å². The SMILES string of the molecule is COC1OC(CO)[C@@H](O)[C@H](OC2OC(C(=O)NCCc3ccccc3)[C@@H](OC)[C@H](O)[C@@H]2O)[C@@H]1NC(C)=O. The van der Waals surface area contributed by atoms with Gasteiger partial charge in [0.15, 0.2) is 18.7 Å². The molecule has 0 aromatic heterocycles. The van der Waals surface area contributed by atoms with E-state index < -0.39 is 79.8 Å². The van der Waals surface area contributed by atoms with Crippen LogP contribution in [0.2, 0.25) is 0 Å². The lowest BCUT2D eigenvalue weighted by atomic mass is 9.95. The molecular weight excluding hydrogens is 492 g/mol. The van der Waals surface area contributed by atoms with E-state index in [1.807, 2.05) is 30.3 Å². The topological polar surface area (TPSA) is 185 Å². The first-order valence-electron chi connectivity index (χ1n) is 12.0. The smallest absolute Gasteiger partial charge is 0.252 e. The van der Waals surface area contributed by atoms with Crippen molar-refractivity contribution in [2.75, 3.05) is 27.4 Å². The average molecular weight is 529 g/mol. The fourth-order valence-electron chi connectivity index (χ4n) is 4.47. The minimum Gasteiger partial charge on any atom is -0.394 e. The minimum atomic E-state index is -1.68. The Hall–Kier alpha value is -2.20. The molecule has 2 aliphatic rings. The maximum Gasteiger partial charge on any atom is 0.252 e. The van der Waals surface area contributed by atoms with Crippen LogP contribution in [0.1, 0.15) is 12.5 Å². The molecule has 13 heteroatoms. The number of amides is 2. The quantitative estimate of drug-likeness (QED) is 0.187. The molecule has 13 nitrogen and oxygen atoms in total. The second-order valence-electron chi connectivity index (χ2n) is 8.91. The highest BCUT2D eigenvalue weighted by Crippen LogP contribution is 2.30. The molecule has 10 atom stereocenters. The van der Waals surface area contributed by atoms with Crippen LogP contribution in [0.3, 0.4) is 0 Å². The van der Waals surface area contributed by atoms with Crippen molar-refractivity contribution in [1.29, 1.82) is 0 Å². The fraction of sp³-hybridized carbons (Fsp3) is 0.667. The Balaban J connectivity index is 1.76. The molecule has 0 radical (unpaired) electrons. The lowest BCUT2D eigenvalue weighted by molar-refractivity contribution is -0.338. The maximum absolute atomic E-state index is 13.0. The zero-order chi connectivity index (χ0) is 27.1. The van der Waals surface area contributed by atoms with Crippen molar-refractivity contribution in [2.24, 2.45) is 0 Å². The second-order valence-corrected chi connectivity index (χ2v) is 8.91. The molecule has 6 N–H and O–H groups in total. The molecule has 1 aromatic rings. The molecule has 2 amide bonds. The predicted molar refractivity (Wildman–Crippen MR) is 126 cm³/mol. The Morgan fingerprint density at radius 3 is 2.24 bits per heavy atom. The summed E-state index contributed by atoms with van der Waals surface area (Å²) in [6, 6.07) is 8.42. The number of hydrogen-bond acceptors (Lipinski definition) is 11. The van der Waals surface area contributed by atoms with E-state index in [1.165, 1.54) is 21.1 Å². The highest BCUT2D eigenvalue weighted by molar-refractivity contribution is 5.81. The molecule has 37 heavy (non-hydrogen) atoms. The normalized spacial score (nSPS) is 36.1. The van der Waals surface area contributed by atoms with Gasteiger partial charge in [-0.1, -0.05) is 30.3 Å². The van der Waals surface area contributed by atoms with E-state index in [4.69, 9.17) is 23.7 Å². The number of hydrogen-bond donors (Lipinski definition) is 6. The van der Waals surface area contributed by atoms with Gasteiger partial charge in [0.25, 0.3) is 5.91 Å².